The van der Waals surface area contributed by atoms with Gasteiger partial charge in [0.25, 0.3) is 0 Å². The monoisotopic (exact) mass is 346 g/mol. The van der Waals surface area contributed by atoms with Crippen LogP contribution >= 0.6 is 0 Å². The Hall–Kier alpha value is 0.399. The van der Waals surface area contributed by atoms with Crippen LogP contribution in [0.2, 0.25) is 0 Å². The fourth-order valence-corrected chi connectivity index (χ4v) is 2.14. The molecule has 0 aliphatic heterocycles. The third-order valence-electron chi connectivity index (χ3n) is 3.36. The van der Waals surface area contributed by atoms with Crippen molar-refractivity contribution in [2.45, 2.75) is 77.0 Å². The Morgan fingerprint density at radius 3 is 1.71 bits per heavy atom. The van der Waals surface area contributed by atoms with E-state index in [9.17, 15) is 0 Å². The molecule has 0 atom stereocenters. The number of hydrogen-bond acceptors (Lipinski definition) is 3. The van der Waals surface area contributed by atoms with Crippen molar-refractivity contribution < 1.29 is 27.2 Å². The minimum atomic E-state index is 0. The molecular formula is C17H33CuNO2-4. The molecule has 21 heavy (non-hydrogen) atoms. The second-order valence-electron chi connectivity index (χ2n) is 5.25. The Labute approximate surface area is 142 Å². The molecule has 0 saturated carbocycles. The van der Waals surface area contributed by atoms with Gasteiger partial charge in [-0.05, 0) is 6.61 Å². The van der Waals surface area contributed by atoms with Gasteiger partial charge < -0.3 is 25.0 Å². The van der Waals surface area contributed by atoms with Crippen molar-refractivity contribution in [1.82, 2.24) is 0 Å². The van der Waals surface area contributed by atoms with E-state index >= 15 is 0 Å². The molecule has 0 rings (SSSR count). The van der Waals surface area contributed by atoms with Crippen LogP contribution in [0.4, 0.5) is 0 Å². The largest absolute Gasteiger partial charge is 0.483 e. The fraction of sp³-hybridized carbons (Fsp3) is 0.765. The molecule has 0 saturated heterocycles. The van der Waals surface area contributed by atoms with Gasteiger partial charge in [-0.2, -0.15) is 25.7 Å². The van der Waals surface area contributed by atoms with E-state index in [4.69, 9.17) is 11.0 Å². The Kier molecular flexibility index (Phi) is 25.6. The van der Waals surface area contributed by atoms with Crippen LogP contribution in [0.5, 0.6) is 0 Å². The van der Waals surface area contributed by atoms with Crippen molar-refractivity contribution >= 4 is 0 Å². The average Bonchev–Trinajstić information content (AvgIpc) is 2.47. The van der Waals surface area contributed by atoms with Gasteiger partial charge in [-0.15, -0.1) is 0 Å². The summed E-state index contributed by atoms with van der Waals surface area (Å²) in [5, 5.41) is 8.13. The maximum Gasteiger partial charge on any atom is 0 e. The van der Waals surface area contributed by atoms with Crippen molar-refractivity contribution in [3.05, 3.63) is 25.8 Å². The van der Waals surface area contributed by atoms with E-state index in [0.717, 1.165) is 19.3 Å². The van der Waals surface area contributed by atoms with Gasteiger partial charge in [0.2, 0.25) is 0 Å². The van der Waals surface area contributed by atoms with Crippen LogP contribution < -0.4 is 5.73 Å². The predicted molar refractivity (Wildman–Crippen MR) is 85.4 cm³/mol. The maximum atomic E-state index is 8.13. The van der Waals surface area contributed by atoms with Crippen LogP contribution in [0.3, 0.4) is 0 Å². The quantitative estimate of drug-likeness (QED) is 0.130. The molecule has 3 nitrogen and oxygen atoms in total. The Morgan fingerprint density at radius 1 is 0.667 bits per heavy atom. The molecule has 0 heterocycles. The zero-order valence-corrected chi connectivity index (χ0v) is 14.2. The Balaban J connectivity index is 0. The maximum absolute atomic E-state index is 8.13. The molecule has 3 N–H and O–H groups in total. The van der Waals surface area contributed by atoms with Gasteiger partial charge in [0.05, 0.1) is 0 Å². The molecule has 0 aromatic carbocycles. The summed E-state index contributed by atoms with van der Waals surface area (Å²) in [6.45, 7) is 2.10. The number of nitrogens with two attached hydrogens (primary N) is 1. The standard InChI is InChI=1S/C17H33NO2.Cu/c18-16-14-12-10-8-6-4-2-1-3-5-7-9-11-13-15-17-20-19;/h6,9,15-16,19H,1-5,7-8,10-14,17-18H2;/q-4;. The number of hydrogen-bond donors (Lipinski definition) is 2. The molecular weight excluding hydrogens is 314 g/mol. The van der Waals surface area contributed by atoms with Crippen LogP contribution in [0.25, 0.3) is 0 Å². The van der Waals surface area contributed by atoms with E-state index in [1.807, 2.05) is 6.42 Å². The molecule has 1 radical (unpaired) electrons. The molecule has 0 aromatic rings. The molecule has 0 unspecified atom stereocenters. The summed E-state index contributed by atoms with van der Waals surface area (Å²) < 4.78 is 0. The van der Waals surface area contributed by atoms with Crippen LogP contribution in [-0.4, -0.2) is 11.9 Å². The SMILES string of the molecule is N[CH-]CCCC[CH-]CCCCCC[CH-]CC[CH-]COO.[Cu]. The van der Waals surface area contributed by atoms with Crippen LogP contribution in [0, 0.1) is 25.8 Å². The van der Waals surface area contributed by atoms with Crippen molar-refractivity contribution in [1.29, 1.82) is 0 Å². The second-order valence-corrected chi connectivity index (χ2v) is 5.25. The van der Waals surface area contributed by atoms with Gasteiger partial charge in [0, 0.05) is 17.1 Å². The summed E-state index contributed by atoms with van der Waals surface area (Å²) in [6, 6.07) is 0. The first-order valence-corrected chi connectivity index (χ1v) is 8.16. The number of unbranched alkanes of at least 4 members (excludes halogenated alkanes) is 14. The van der Waals surface area contributed by atoms with E-state index in [1.54, 1.807) is 6.54 Å². The Bertz CT molecular complexity index is 153. The first kappa shape index (κ1) is 23.7. The molecule has 0 spiro atoms. The molecule has 4 heteroatoms. The normalized spacial score (nSPS) is 10.6. The van der Waals surface area contributed by atoms with E-state index in [2.05, 4.69) is 17.7 Å². The summed E-state index contributed by atoms with van der Waals surface area (Å²) in [7, 11) is 0. The molecule has 0 bridgehead atoms. The molecule has 0 aromatic heterocycles. The van der Waals surface area contributed by atoms with Gasteiger partial charge in [-0.1, -0.05) is 38.5 Å². The number of rotatable bonds is 17. The predicted octanol–water partition coefficient (Wildman–Crippen LogP) is 4.89. The van der Waals surface area contributed by atoms with Crippen LogP contribution in [-0.2, 0) is 22.0 Å². The minimum absolute atomic E-state index is 0. The van der Waals surface area contributed by atoms with Gasteiger partial charge in [0.15, 0.2) is 0 Å². The molecule has 133 valence electrons. The van der Waals surface area contributed by atoms with E-state index in [1.165, 1.54) is 57.8 Å². The topological polar surface area (TPSA) is 55.5 Å². The van der Waals surface area contributed by atoms with Gasteiger partial charge in [-0.25, -0.2) is 12.8 Å². The van der Waals surface area contributed by atoms with E-state index < -0.39 is 0 Å². The van der Waals surface area contributed by atoms with E-state index in [-0.39, 0.29) is 17.1 Å². The first-order valence-electron chi connectivity index (χ1n) is 8.16. The molecule has 0 fully saturated rings. The van der Waals surface area contributed by atoms with Crippen LogP contribution in [0.15, 0.2) is 0 Å². The smallest absolute Gasteiger partial charge is 0 e. The molecule has 0 aliphatic rings. The third-order valence-corrected chi connectivity index (χ3v) is 3.36. The van der Waals surface area contributed by atoms with Crippen molar-refractivity contribution in [3.8, 4) is 0 Å². The molecule has 0 aliphatic carbocycles. The van der Waals surface area contributed by atoms with Gasteiger partial charge in [0.1, 0.15) is 0 Å². The summed E-state index contributed by atoms with van der Waals surface area (Å²) in [4.78, 5) is 3.98. The zero-order chi connectivity index (χ0) is 14.7. The fourth-order valence-electron chi connectivity index (χ4n) is 2.14. The third kappa shape index (κ3) is 22.8. The van der Waals surface area contributed by atoms with Gasteiger partial charge >= 0.3 is 0 Å². The summed E-state index contributed by atoms with van der Waals surface area (Å²) in [6.07, 6.45) is 21.5. The summed E-state index contributed by atoms with van der Waals surface area (Å²) >= 11 is 0. The summed E-state index contributed by atoms with van der Waals surface area (Å²) in [5.74, 6) is 0. The van der Waals surface area contributed by atoms with Crippen molar-refractivity contribution in [2.75, 3.05) is 6.61 Å². The first-order chi connectivity index (χ1) is 9.91. The zero-order valence-electron chi connectivity index (χ0n) is 13.2. The van der Waals surface area contributed by atoms with Crippen molar-refractivity contribution in [2.24, 2.45) is 5.73 Å². The minimum Gasteiger partial charge on any atom is -0.483 e. The van der Waals surface area contributed by atoms with Gasteiger partial charge in [-0.3, -0.25) is 16.7 Å². The van der Waals surface area contributed by atoms with Crippen LogP contribution in [0.1, 0.15) is 77.0 Å². The van der Waals surface area contributed by atoms with Crippen molar-refractivity contribution in [3.63, 3.8) is 0 Å². The van der Waals surface area contributed by atoms with E-state index in [0.29, 0.717) is 6.61 Å². The second kappa shape index (κ2) is 22.7. The summed E-state index contributed by atoms with van der Waals surface area (Å²) in [5.41, 5.74) is 5.33. The molecule has 0 amide bonds. The average molecular weight is 347 g/mol. The Morgan fingerprint density at radius 2 is 1.14 bits per heavy atom.